The molecule has 22 heavy (non-hydrogen) atoms. The third-order valence-electron chi connectivity index (χ3n) is 4.18. The van der Waals surface area contributed by atoms with Crippen molar-refractivity contribution >= 4 is 11.6 Å². The molecule has 4 nitrogen and oxygen atoms in total. The van der Waals surface area contributed by atoms with Crippen molar-refractivity contribution in [3.8, 4) is 12.1 Å². The molecule has 0 heterocycles. The lowest BCUT2D eigenvalue weighted by Crippen LogP contribution is -2.42. The smallest absolute Gasteiger partial charge is 0.144 e. The molecule has 1 aromatic carbocycles. The fourth-order valence-corrected chi connectivity index (χ4v) is 3.25. The molecule has 0 N–H and O–H groups in total. The molecule has 0 bridgehead atoms. The quantitative estimate of drug-likeness (QED) is 0.802. The van der Waals surface area contributed by atoms with Gasteiger partial charge in [0.25, 0.3) is 0 Å². The first-order valence-corrected chi connectivity index (χ1v) is 7.29. The number of rotatable bonds is 3. The maximum absolute atomic E-state index is 12.5. The van der Waals surface area contributed by atoms with Crippen molar-refractivity contribution in [1.82, 2.24) is 0 Å². The molecule has 1 unspecified atom stereocenters. The Morgan fingerprint density at radius 3 is 2.00 bits per heavy atom. The lowest BCUT2D eigenvalue weighted by atomic mass is 9.64. The molecule has 0 saturated heterocycles. The summed E-state index contributed by atoms with van der Waals surface area (Å²) in [6.45, 7) is 3.78. The lowest BCUT2D eigenvalue weighted by molar-refractivity contribution is -0.140. The number of nitrogens with zero attached hydrogens (tertiary/aromatic N) is 2. The fraction of sp³-hybridized carbons (Fsp3) is 0.444. The van der Waals surface area contributed by atoms with Crippen LogP contribution in [-0.4, -0.2) is 11.6 Å². The normalized spacial score (nSPS) is 19.5. The van der Waals surface area contributed by atoms with E-state index in [-0.39, 0.29) is 17.0 Å². The van der Waals surface area contributed by atoms with Crippen LogP contribution in [0.4, 0.5) is 0 Å². The summed E-state index contributed by atoms with van der Waals surface area (Å²) in [6.07, 6.45) is 0.604. The van der Waals surface area contributed by atoms with Crippen LogP contribution < -0.4 is 0 Å². The highest BCUT2D eigenvalue weighted by Gasteiger charge is 2.46. The van der Waals surface area contributed by atoms with E-state index in [4.69, 9.17) is 0 Å². The van der Waals surface area contributed by atoms with Gasteiger partial charge >= 0.3 is 0 Å². The third kappa shape index (κ3) is 3.07. The Hall–Kier alpha value is -2.46. The van der Waals surface area contributed by atoms with Gasteiger partial charge in [-0.25, -0.2) is 0 Å². The minimum Gasteiger partial charge on any atom is -0.299 e. The predicted molar refractivity (Wildman–Crippen MR) is 80.4 cm³/mol. The summed E-state index contributed by atoms with van der Waals surface area (Å²) in [5.74, 6) is -2.91. The summed E-state index contributed by atoms with van der Waals surface area (Å²) < 4.78 is 0. The van der Waals surface area contributed by atoms with Crippen molar-refractivity contribution in [2.24, 2.45) is 17.3 Å². The van der Waals surface area contributed by atoms with Crippen LogP contribution in [0.25, 0.3) is 0 Å². The van der Waals surface area contributed by atoms with Crippen molar-refractivity contribution in [1.29, 1.82) is 10.5 Å². The Balaban J connectivity index is 2.47. The summed E-state index contributed by atoms with van der Waals surface area (Å²) in [6, 6.07) is 12.8. The van der Waals surface area contributed by atoms with Crippen LogP contribution >= 0.6 is 0 Å². The molecular weight excluding hydrogens is 276 g/mol. The SMILES string of the molecule is CC1(C)CC(=O)C(C(c2ccccc2)C(C#N)C#N)C(=O)C1. The van der Waals surface area contributed by atoms with Gasteiger partial charge in [-0.05, 0) is 11.0 Å². The minimum absolute atomic E-state index is 0.161. The molecule has 1 aliphatic rings. The van der Waals surface area contributed by atoms with Crippen LogP contribution in [0.1, 0.15) is 38.2 Å². The number of hydrogen-bond acceptors (Lipinski definition) is 4. The van der Waals surface area contributed by atoms with Gasteiger partial charge in [0.1, 0.15) is 17.5 Å². The van der Waals surface area contributed by atoms with Gasteiger partial charge in [-0.3, -0.25) is 9.59 Å². The van der Waals surface area contributed by atoms with Crippen LogP contribution in [0.2, 0.25) is 0 Å². The van der Waals surface area contributed by atoms with Gasteiger partial charge < -0.3 is 0 Å². The highest BCUT2D eigenvalue weighted by atomic mass is 16.2. The fourth-order valence-electron chi connectivity index (χ4n) is 3.25. The van der Waals surface area contributed by atoms with Crippen LogP contribution in [0.5, 0.6) is 0 Å². The van der Waals surface area contributed by atoms with Crippen molar-refractivity contribution in [3.63, 3.8) is 0 Å². The summed E-state index contributed by atoms with van der Waals surface area (Å²) in [7, 11) is 0. The van der Waals surface area contributed by atoms with Gasteiger partial charge in [0.05, 0.1) is 18.1 Å². The van der Waals surface area contributed by atoms with Crippen molar-refractivity contribution in [3.05, 3.63) is 35.9 Å². The number of ketones is 2. The van der Waals surface area contributed by atoms with E-state index in [1.165, 1.54) is 0 Å². The van der Waals surface area contributed by atoms with Gasteiger partial charge in [0.2, 0.25) is 0 Å². The van der Waals surface area contributed by atoms with Gasteiger partial charge in [0.15, 0.2) is 0 Å². The minimum atomic E-state index is -1.01. The van der Waals surface area contributed by atoms with E-state index < -0.39 is 17.8 Å². The van der Waals surface area contributed by atoms with Crippen LogP contribution in [0.3, 0.4) is 0 Å². The summed E-state index contributed by atoms with van der Waals surface area (Å²) >= 11 is 0. The molecule has 4 heteroatoms. The molecule has 0 radical (unpaired) electrons. The van der Waals surface area contributed by atoms with Gasteiger partial charge in [-0.1, -0.05) is 44.2 Å². The van der Waals surface area contributed by atoms with Crippen LogP contribution in [0.15, 0.2) is 30.3 Å². The predicted octanol–water partition coefficient (Wildman–Crippen LogP) is 3.01. The molecule has 1 fully saturated rings. The van der Waals surface area contributed by atoms with E-state index in [1.54, 1.807) is 24.3 Å². The van der Waals surface area contributed by atoms with Crippen LogP contribution in [-0.2, 0) is 9.59 Å². The number of benzene rings is 1. The zero-order valence-corrected chi connectivity index (χ0v) is 12.7. The van der Waals surface area contributed by atoms with Crippen LogP contribution in [0, 0.1) is 39.9 Å². The molecule has 112 valence electrons. The number of Topliss-reactive ketones (excluding diaryl/α,β-unsaturated/α-hetero) is 2. The average molecular weight is 294 g/mol. The second-order valence-electron chi connectivity index (χ2n) is 6.60. The van der Waals surface area contributed by atoms with Gasteiger partial charge in [0, 0.05) is 18.8 Å². The van der Waals surface area contributed by atoms with E-state index >= 15 is 0 Å². The number of carbonyl (C=O) groups is 2. The van der Waals surface area contributed by atoms with Crippen molar-refractivity contribution in [2.45, 2.75) is 32.6 Å². The van der Waals surface area contributed by atoms with E-state index in [0.717, 1.165) is 0 Å². The first-order valence-electron chi connectivity index (χ1n) is 7.29. The van der Waals surface area contributed by atoms with E-state index in [1.807, 2.05) is 32.1 Å². The molecule has 0 aliphatic heterocycles. The van der Waals surface area contributed by atoms with Gasteiger partial charge in [-0.2, -0.15) is 10.5 Å². The second-order valence-corrected chi connectivity index (χ2v) is 6.60. The molecule has 1 aliphatic carbocycles. The summed E-state index contributed by atoms with van der Waals surface area (Å²) in [5, 5.41) is 18.5. The molecule has 1 saturated carbocycles. The second kappa shape index (κ2) is 6.12. The number of carbonyl (C=O) groups excluding carboxylic acids is 2. The Morgan fingerprint density at radius 2 is 1.55 bits per heavy atom. The first-order chi connectivity index (χ1) is 10.4. The molecule has 1 atom stereocenters. The van der Waals surface area contributed by atoms with E-state index in [2.05, 4.69) is 0 Å². The molecule has 2 rings (SSSR count). The Bertz CT molecular complexity index is 631. The highest BCUT2D eigenvalue weighted by Crippen LogP contribution is 2.42. The third-order valence-corrected chi connectivity index (χ3v) is 4.18. The lowest BCUT2D eigenvalue weighted by Gasteiger charge is -2.36. The standard InChI is InChI=1S/C18H18N2O2/c1-18(2)8-14(21)17(15(22)9-18)16(13(10-19)11-20)12-6-4-3-5-7-12/h3-7,13,16-17H,8-9H2,1-2H3. The van der Waals surface area contributed by atoms with E-state index in [9.17, 15) is 20.1 Å². The molecule has 1 aromatic rings. The zero-order valence-electron chi connectivity index (χ0n) is 12.7. The monoisotopic (exact) mass is 294 g/mol. The van der Waals surface area contributed by atoms with Crippen molar-refractivity contribution < 1.29 is 9.59 Å². The topological polar surface area (TPSA) is 81.7 Å². The zero-order chi connectivity index (χ0) is 16.3. The van der Waals surface area contributed by atoms with Crippen molar-refractivity contribution in [2.75, 3.05) is 0 Å². The molecule has 0 aromatic heterocycles. The molecule has 0 amide bonds. The largest absolute Gasteiger partial charge is 0.299 e. The Labute approximate surface area is 130 Å². The maximum atomic E-state index is 12.5. The first kappa shape index (κ1) is 15.9. The number of nitriles is 2. The number of hydrogen-bond donors (Lipinski definition) is 0. The molecule has 0 spiro atoms. The molecular formula is C18H18N2O2. The maximum Gasteiger partial charge on any atom is 0.144 e. The highest BCUT2D eigenvalue weighted by molar-refractivity contribution is 6.06. The summed E-state index contributed by atoms with van der Waals surface area (Å²) in [5.41, 5.74) is 0.350. The Morgan fingerprint density at radius 1 is 1.05 bits per heavy atom. The summed E-state index contributed by atoms with van der Waals surface area (Å²) in [4.78, 5) is 25.1. The average Bonchev–Trinajstić information content (AvgIpc) is 2.45. The Kier molecular flexibility index (Phi) is 4.43. The van der Waals surface area contributed by atoms with E-state index in [0.29, 0.717) is 18.4 Å². The van der Waals surface area contributed by atoms with Gasteiger partial charge in [-0.15, -0.1) is 0 Å².